The molecule has 6 N–H and O–H groups in total. The number of halogens is 2. The molecule has 0 aliphatic rings. The van der Waals surface area contributed by atoms with Crippen LogP contribution in [0.15, 0.2) is 53.5 Å². The summed E-state index contributed by atoms with van der Waals surface area (Å²) in [6.45, 7) is 0.441. The zero-order valence-electron chi connectivity index (χ0n) is 12.9. The standard InChI is InChI=1S/C15H17F2N7/c1-9(16)13(17)8-24(20)15(23-19)12-5-11(7-22-14(12)18)10-3-2-4-21-6-10/h2-7H,8,19-20H2,1H3,(H2,18,22)/b13-9-,23-15-. The Morgan fingerprint density at radius 1 is 1.29 bits per heavy atom. The van der Waals surface area contributed by atoms with Crippen molar-refractivity contribution in [1.82, 2.24) is 15.0 Å². The summed E-state index contributed by atoms with van der Waals surface area (Å²) in [4.78, 5) is 8.10. The first-order valence-electron chi connectivity index (χ1n) is 6.91. The summed E-state index contributed by atoms with van der Waals surface area (Å²) >= 11 is 0. The molecular formula is C15H17F2N7. The molecule has 0 atom stereocenters. The topological polar surface area (TPSA) is 119 Å². The lowest BCUT2D eigenvalue weighted by atomic mass is 10.1. The molecule has 0 amide bonds. The lowest BCUT2D eigenvalue weighted by Crippen LogP contribution is -2.40. The quantitative estimate of drug-likeness (QED) is 0.339. The van der Waals surface area contributed by atoms with Crippen LogP contribution in [0.25, 0.3) is 11.1 Å². The Morgan fingerprint density at radius 2 is 2.04 bits per heavy atom. The number of nitrogens with zero attached hydrogens (tertiary/aromatic N) is 4. The largest absolute Gasteiger partial charge is 0.383 e. The molecule has 2 aromatic heterocycles. The van der Waals surface area contributed by atoms with E-state index in [1.165, 1.54) is 0 Å². The van der Waals surface area contributed by atoms with Gasteiger partial charge >= 0.3 is 0 Å². The Bertz CT molecular complexity index is 771. The summed E-state index contributed by atoms with van der Waals surface area (Å²) in [5, 5.41) is 4.40. The number of hydrazine groups is 1. The third-order valence-corrected chi connectivity index (χ3v) is 3.23. The molecule has 0 aliphatic carbocycles. The molecule has 0 aromatic carbocycles. The van der Waals surface area contributed by atoms with Crippen molar-refractivity contribution in [3.8, 4) is 11.1 Å². The summed E-state index contributed by atoms with van der Waals surface area (Å²) in [6.07, 6.45) is 4.83. The summed E-state index contributed by atoms with van der Waals surface area (Å²) < 4.78 is 26.4. The van der Waals surface area contributed by atoms with E-state index in [-0.39, 0.29) is 11.7 Å². The van der Waals surface area contributed by atoms with E-state index in [9.17, 15) is 8.78 Å². The normalized spacial score (nSPS) is 12.8. The van der Waals surface area contributed by atoms with Crippen LogP contribution in [0.3, 0.4) is 0 Å². The van der Waals surface area contributed by atoms with Gasteiger partial charge in [-0.05, 0) is 19.1 Å². The van der Waals surface area contributed by atoms with Gasteiger partial charge in [0.25, 0.3) is 0 Å². The number of anilines is 1. The molecule has 2 aromatic rings. The van der Waals surface area contributed by atoms with Gasteiger partial charge in [0, 0.05) is 29.7 Å². The van der Waals surface area contributed by atoms with Crippen LogP contribution in [0.2, 0.25) is 0 Å². The molecule has 7 nitrogen and oxygen atoms in total. The van der Waals surface area contributed by atoms with Crippen LogP contribution in [0.5, 0.6) is 0 Å². The summed E-state index contributed by atoms with van der Waals surface area (Å²) in [5.74, 6) is 9.16. The number of nitrogen functional groups attached to an aromatic ring is 1. The van der Waals surface area contributed by atoms with E-state index in [4.69, 9.17) is 17.4 Å². The van der Waals surface area contributed by atoms with Gasteiger partial charge in [-0.3, -0.25) is 9.99 Å². The summed E-state index contributed by atoms with van der Waals surface area (Å²) in [5.41, 5.74) is 7.63. The van der Waals surface area contributed by atoms with Crippen molar-refractivity contribution in [3.63, 3.8) is 0 Å². The number of hydrogen-bond acceptors (Lipinski definition) is 6. The van der Waals surface area contributed by atoms with Gasteiger partial charge in [-0.1, -0.05) is 6.07 Å². The molecule has 0 spiro atoms. The second kappa shape index (κ2) is 7.47. The first-order chi connectivity index (χ1) is 11.4. The van der Waals surface area contributed by atoms with Gasteiger partial charge in [0.1, 0.15) is 11.6 Å². The number of pyridine rings is 2. The first kappa shape index (κ1) is 17.3. The van der Waals surface area contributed by atoms with Crippen LogP contribution in [0.1, 0.15) is 12.5 Å². The maximum Gasteiger partial charge on any atom is 0.173 e. The number of hydrogen-bond donors (Lipinski definition) is 3. The summed E-state index contributed by atoms with van der Waals surface area (Å²) in [7, 11) is 0. The highest BCUT2D eigenvalue weighted by atomic mass is 19.2. The average molecular weight is 333 g/mol. The molecule has 0 saturated heterocycles. The Hall–Kier alpha value is -3.07. The monoisotopic (exact) mass is 333 g/mol. The lowest BCUT2D eigenvalue weighted by Gasteiger charge is -2.20. The Balaban J connectivity index is 2.40. The maximum atomic E-state index is 13.5. The minimum absolute atomic E-state index is 0.0258. The van der Waals surface area contributed by atoms with E-state index in [0.29, 0.717) is 11.1 Å². The highest BCUT2D eigenvalue weighted by Crippen LogP contribution is 2.22. The molecular weight excluding hydrogens is 316 g/mol. The Morgan fingerprint density at radius 3 is 2.62 bits per heavy atom. The van der Waals surface area contributed by atoms with E-state index >= 15 is 0 Å². The van der Waals surface area contributed by atoms with Gasteiger partial charge in [0.2, 0.25) is 0 Å². The maximum absolute atomic E-state index is 13.5. The third kappa shape index (κ3) is 3.82. The fourth-order valence-corrected chi connectivity index (χ4v) is 1.98. The predicted octanol–water partition coefficient (Wildman–Crippen LogP) is 1.69. The molecule has 2 rings (SSSR count). The second-order valence-electron chi connectivity index (χ2n) is 4.92. The summed E-state index contributed by atoms with van der Waals surface area (Å²) in [6, 6.07) is 5.25. The molecule has 0 saturated carbocycles. The minimum Gasteiger partial charge on any atom is -0.383 e. The lowest BCUT2D eigenvalue weighted by molar-refractivity contribution is 0.405. The smallest absolute Gasteiger partial charge is 0.173 e. The molecule has 0 bridgehead atoms. The van der Waals surface area contributed by atoms with Crippen LogP contribution >= 0.6 is 0 Å². The molecule has 126 valence electrons. The van der Waals surface area contributed by atoms with E-state index in [2.05, 4.69) is 15.1 Å². The van der Waals surface area contributed by atoms with Gasteiger partial charge < -0.3 is 11.6 Å². The van der Waals surface area contributed by atoms with Gasteiger partial charge in [0.15, 0.2) is 11.7 Å². The van der Waals surface area contributed by atoms with Crippen LogP contribution in [0.4, 0.5) is 14.6 Å². The number of aromatic nitrogens is 2. The average Bonchev–Trinajstić information content (AvgIpc) is 2.57. The predicted molar refractivity (Wildman–Crippen MR) is 88.4 cm³/mol. The molecule has 0 aliphatic heterocycles. The van der Waals surface area contributed by atoms with E-state index in [1.807, 2.05) is 6.07 Å². The zero-order chi connectivity index (χ0) is 17.7. The van der Waals surface area contributed by atoms with Gasteiger partial charge in [-0.15, -0.1) is 0 Å². The Labute approximate surface area is 137 Å². The fraction of sp³-hybridized carbons (Fsp3) is 0.133. The van der Waals surface area contributed by atoms with Crippen molar-refractivity contribution in [2.24, 2.45) is 16.8 Å². The van der Waals surface area contributed by atoms with Crippen LogP contribution < -0.4 is 17.4 Å². The highest BCUT2D eigenvalue weighted by Gasteiger charge is 2.18. The van der Waals surface area contributed by atoms with Crippen molar-refractivity contribution >= 4 is 11.7 Å². The van der Waals surface area contributed by atoms with Crippen molar-refractivity contribution < 1.29 is 8.78 Å². The van der Waals surface area contributed by atoms with Crippen LogP contribution in [-0.2, 0) is 0 Å². The number of nitrogens with two attached hydrogens (primary N) is 3. The van der Waals surface area contributed by atoms with Crippen molar-refractivity contribution in [3.05, 3.63) is 54.0 Å². The number of hydrazone groups is 1. The third-order valence-electron chi connectivity index (χ3n) is 3.23. The van der Waals surface area contributed by atoms with Gasteiger partial charge in [0.05, 0.1) is 12.1 Å². The van der Waals surface area contributed by atoms with E-state index in [0.717, 1.165) is 17.5 Å². The SMILES string of the molecule is C/C(F)=C(/F)CN(N)/C(=N\N)c1cc(-c2cccnc2)cnc1N. The van der Waals surface area contributed by atoms with Crippen LogP contribution in [0, 0.1) is 0 Å². The first-order valence-corrected chi connectivity index (χ1v) is 6.91. The van der Waals surface area contributed by atoms with Gasteiger partial charge in [-0.25, -0.2) is 19.6 Å². The molecule has 2 heterocycles. The molecule has 9 heteroatoms. The highest BCUT2D eigenvalue weighted by molar-refractivity contribution is 6.02. The Kier molecular flexibility index (Phi) is 5.38. The fourth-order valence-electron chi connectivity index (χ4n) is 1.98. The molecule has 0 fully saturated rings. The van der Waals surface area contributed by atoms with Crippen molar-refractivity contribution in [2.45, 2.75) is 6.92 Å². The van der Waals surface area contributed by atoms with Crippen molar-refractivity contribution in [1.29, 1.82) is 0 Å². The molecule has 24 heavy (non-hydrogen) atoms. The number of allylic oxidation sites excluding steroid dienone is 1. The zero-order valence-corrected chi connectivity index (χ0v) is 12.9. The van der Waals surface area contributed by atoms with Gasteiger partial charge in [-0.2, -0.15) is 5.10 Å². The molecule has 0 radical (unpaired) electrons. The minimum atomic E-state index is -1.03. The van der Waals surface area contributed by atoms with E-state index in [1.54, 1.807) is 30.7 Å². The van der Waals surface area contributed by atoms with Crippen molar-refractivity contribution in [2.75, 3.05) is 12.3 Å². The number of amidine groups is 1. The molecule has 0 unspecified atom stereocenters. The van der Waals surface area contributed by atoms with E-state index < -0.39 is 18.2 Å². The van der Waals surface area contributed by atoms with Crippen LogP contribution in [-0.4, -0.2) is 27.4 Å². The second-order valence-corrected chi connectivity index (χ2v) is 4.92. The number of rotatable bonds is 4.